The van der Waals surface area contributed by atoms with Crippen LogP contribution in [0.5, 0.6) is 0 Å². The second kappa shape index (κ2) is 4.59. The maximum Gasteiger partial charge on any atom is 0.0991 e. The van der Waals surface area contributed by atoms with E-state index < -0.39 is 5.60 Å². The van der Waals surface area contributed by atoms with Crippen LogP contribution < -0.4 is 0 Å². The minimum absolute atomic E-state index is 0.656. The van der Waals surface area contributed by atoms with E-state index in [9.17, 15) is 5.11 Å². The summed E-state index contributed by atoms with van der Waals surface area (Å²) in [5.41, 5.74) is 4.04. The summed E-state index contributed by atoms with van der Waals surface area (Å²) in [6.07, 6.45) is 6.97. The van der Waals surface area contributed by atoms with Crippen molar-refractivity contribution < 1.29 is 5.11 Å². The summed E-state index contributed by atoms with van der Waals surface area (Å²) in [7, 11) is 0. The van der Waals surface area contributed by atoms with Crippen LogP contribution in [0.15, 0.2) is 29.5 Å². The molecule has 1 aromatic heterocycles. The van der Waals surface area contributed by atoms with Crippen molar-refractivity contribution in [2.45, 2.75) is 44.6 Å². The molecule has 0 amide bonds. The van der Waals surface area contributed by atoms with Gasteiger partial charge in [0.25, 0.3) is 0 Å². The maximum absolute atomic E-state index is 10.9. The first-order valence-electron chi connectivity index (χ1n) is 7.64. The van der Waals surface area contributed by atoms with Gasteiger partial charge in [-0.1, -0.05) is 36.1 Å². The molecule has 21 heavy (non-hydrogen) atoms. The van der Waals surface area contributed by atoms with Gasteiger partial charge in [0.05, 0.1) is 17.3 Å². The van der Waals surface area contributed by atoms with Crippen LogP contribution in [0.2, 0.25) is 5.02 Å². The number of hydrogen-bond donors (Lipinski definition) is 2. The van der Waals surface area contributed by atoms with E-state index in [1.807, 2.05) is 12.1 Å². The van der Waals surface area contributed by atoms with Gasteiger partial charge >= 0.3 is 0 Å². The Balaban J connectivity index is 1.64. The number of nitrogens with one attached hydrogen (secondary N) is 1. The monoisotopic (exact) mass is 302 g/mol. The normalized spacial score (nSPS) is 28.6. The van der Waals surface area contributed by atoms with Crippen LogP contribution >= 0.6 is 11.6 Å². The molecule has 2 aromatic rings. The third-order valence-corrected chi connectivity index (χ3v) is 5.39. The number of allylic oxidation sites excluding steroid dienone is 1. The highest BCUT2D eigenvalue weighted by Crippen LogP contribution is 2.52. The summed E-state index contributed by atoms with van der Waals surface area (Å²) >= 11 is 6.18. The smallest absolute Gasteiger partial charge is 0.0991 e. The molecule has 2 aliphatic rings. The molecule has 4 rings (SSSR count). The lowest BCUT2D eigenvalue weighted by Crippen LogP contribution is -2.38. The Kier molecular flexibility index (Phi) is 2.92. The van der Waals surface area contributed by atoms with Gasteiger partial charge in [0.1, 0.15) is 0 Å². The second-order valence-corrected chi connectivity index (χ2v) is 7.00. The molecule has 0 bridgehead atoms. The molecule has 110 valence electrons. The Bertz CT molecular complexity index is 730. The largest absolute Gasteiger partial charge is 0.384 e. The standard InChI is InChI=1S/C17H19ClN2O/c1-2-10-3-11(4-10)13-7-17(21,8-13)15-6-14(18)5-12-9-19-20-16(12)15/h5-6,9-10,21H,2-4,7-8H2,1H3,(H,19,20). The van der Waals surface area contributed by atoms with Gasteiger partial charge in [0.15, 0.2) is 0 Å². The Morgan fingerprint density at radius 2 is 2.10 bits per heavy atom. The number of hydrogen-bond acceptors (Lipinski definition) is 2. The van der Waals surface area contributed by atoms with Crippen LogP contribution in [0, 0.1) is 5.92 Å². The van der Waals surface area contributed by atoms with E-state index in [4.69, 9.17) is 11.6 Å². The van der Waals surface area contributed by atoms with E-state index in [1.165, 1.54) is 24.8 Å². The van der Waals surface area contributed by atoms with Gasteiger partial charge in [0, 0.05) is 28.8 Å². The van der Waals surface area contributed by atoms with Crippen molar-refractivity contribution in [1.82, 2.24) is 10.2 Å². The van der Waals surface area contributed by atoms with Crippen LogP contribution in [0.25, 0.3) is 10.9 Å². The number of aromatic nitrogens is 2. The van der Waals surface area contributed by atoms with Crippen molar-refractivity contribution >= 4 is 22.5 Å². The fourth-order valence-corrected chi connectivity index (χ4v) is 3.92. The molecule has 0 saturated heterocycles. The quantitative estimate of drug-likeness (QED) is 0.812. The summed E-state index contributed by atoms with van der Waals surface area (Å²) in [6.45, 7) is 2.25. The summed E-state index contributed by atoms with van der Waals surface area (Å²) in [6, 6.07) is 3.75. The average Bonchev–Trinajstić information content (AvgIpc) is 2.81. The molecular formula is C17H19ClN2O. The van der Waals surface area contributed by atoms with Crippen molar-refractivity contribution in [3.63, 3.8) is 0 Å². The molecule has 0 unspecified atom stereocenters. The van der Waals surface area contributed by atoms with Crippen molar-refractivity contribution in [3.8, 4) is 0 Å². The highest BCUT2D eigenvalue weighted by molar-refractivity contribution is 6.31. The number of benzene rings is 1. The number of nitrogens with zero attached hydrogens (tertiary/aromatic N) is 1. The van der Waals surface area contributed by atoms with Gasteiger partial charge < -0.3 is 5.11 Å². The molecule has 4 heteroatoms. The predicted molar refractivity (Wildman–Crippen MR) is 84.3 cm³/mol. The molecule has 2 saturated carbocycles. The predicted octanol–water partition coefficient (Wildman–Crippen LogP) is 4.31. The van der Waals surface area contributed by atoms with Gasteiger partial charge in [-0.25, -0.2) is 0 Å². The Labute approximate surface area is 129 Å². The third kappa shape index (κ3) is 2.02. The van der Waals surface area contributed by atoms with Gasteiger partial charge in [-0.15, -0.1) is 0 Å². The first-order chi connectivity index (χ1) is 10.1. The van der Waals surface area contributed by atoms with E-state index >= 15 is 0 Å². The summed E-state index contributed by atoms with van der Waals surface area (Å²) in [5, 5.41) is 19.6. The van der Waals surface area contributed by atoms with Crippen molar-refractivity contribution in [2.75, 3.05) is 0 Å². The lowest BCUT2D eigenvalue weighted by atomic mass is 9.64. The zero-order chi connectivity index (χ0) is 14.6. The number of aromatic amines is 1. The number of rotatable bonds is 2. The van der Waals surface area contributed by atoms with Crippen LogP contribution in [-0.4, -0.2) is 15.3 Å². The minimum Gasteiger partial charge on any atom is -0.384 e. The third-order valence-electron chi connectivity index (χ3n) is 5.17. The number of H-pyrrole nitrogens is 1. The Hall–Kier alpha value is -1.32. The van der Waals surface area contributed by atoms with Gasteiger partial charge in [0.2, 0.25) is 0 Å². The minimum atomic E-state index is -0.782. The van der Waals surface area contributed by atoms with Crippen molar-refractivity contribution in [2.24, 2.45) is 5.92 Å². The molecule has 1 heterocycles. The number of aliphatic hydroxyl groups is 1. The van der Waals surface area contributed by atoms with Gasteiger partial charge in [-0.2, -0.15) is 5.10 Å². The molecule has 0 spiro atoms. The van der Waals surface area contributed by atoms with Crippen LogP contribution in [0.4, 0.5) is 0 Å². The van der Waals surface area contributed by atoms with E-state index in [0.29, 0.717) is 5.02 Å². The summed E-state index contributed by atoms with van der Waals surface area (Å²) < 4.78 is 0. The van der Waals surface area contributed by atoms with Crippen molar-refractivity contribution in [1.29, 1.82) is 0 Å². The van der Waals surface area contributed by atoms with Gasteiger partial charge in [-0.3, -0.25) is 5.10 Å². The van der Waals surface area contributed by atoms with E-state index in [1.54, 1.807) is 11.8 Å². The number of fused-ring (bicyclic) bond motifs is 1. The fourth-order valence-electron chi connectivity index (χ4n) is 3.70. The van der Waals surface area contributed by atoms with Crippen LogP contribution in [0.3, 0.4) is 0 Å². The lowest BCUT2D eigenvalue weighted by Gasteiger charge is -2.44. The molecule has 0 radical (unpaired) electrons. The zero-order valence-corrected chi connectivity index (χ0v) is 12.9. The Morgan fingerprint density at radius 3 is 2.81 bits per heavy atom. The second-order valence-electron chi connectivity index (χ2n) is 6.56. The fraction of sp³-hybridized carbons (Fsp3) is 0.471. The van der Waals surface area contributed by atoms with Gasteiger partial charge in [-0.05, 0) is 30.9 Å². The highest BCUT2D eigenvalue weighted by Gasteiger charge is 2.44. The average molecular weight is 303 g/mol. The summed E-state index contributed by atoms with van der Waals surface area (Å²) in [4.78, 5) is 0. The molecule has 3 nitrogen and oxygen atoms in total. The molecule has 1 aromatic carbocycles. The molecule has 0 atom stereocenters. The highest BCUT2D eigenvalue weighted by atomic mass is 35.5. The SMILES string of the molecule is CCC1CC(=C2CC(O)(c3cc(Cl)cc4cn[nH]c34)C2)C1. The first-order valence-corrected chi connectivity index (χ1v) is 8.02. The molecule has 2 aliphatic carbocycles. The van der Waals surface area contributed by atoms with E-state index in [-0.39, 0.29) is 0 Å². The number of halogens is 1. The van der Waals surface area contributed by atoms with Crippen LogP contribution in [0.1, 0.15) is 44.6 Å². The van der Waals surface area contributed by atoms with E-state index in [0.717, 1.165) is 35.2 Å². The maximum atomic E-state index is 10.9. The first kappa shape index (κ1) is 13.4. The molecule has 2 N–H and O–H groups in total. The van der Waals surface area contributed by atoms with Crippen LogP contribution in [-0.2, 0) is 5.60 Å². The molecular weight excluding hydrogens is 284 g/mol. The topological polar surface area (TPSA) is 48.9 Å². The van der Waals surface area contributed by atoms with Crippen molar-refractivity contribution in [3.05, 3.63) is 40.1 Å². The lowest BCUT2D eigenvalue weighted by molar-refractivity contribution is -0.00314. The zero-order valence-electron chi connectivity index (χ0n) is 12.1. The Morgan fingerprint density at radius 1 is 1.33 bits per heavy atom. The molecule has 2 fully saturated rings. The summed E-state index contributed by atoms with van der Waals surface area (Å²) in [5.74, 6) is 0.867. The molecule has 0 aliphatic heterocycles. The van der Waals surface area contributed by atoms with E-state index in [2.05, 4.69) is 17.1 Å².